The van der Waals surface area contributed by atoms with E-state index in [1.54, 1.807) is 6.92 Å². The largest absolute Gasteiger partial charge is 0.481 e. The van der Waals surface area contributed by atoms with Crippen molar-refractivity contribution in [3.8, 4) is 0 Å². The molecule has 0 radical (unpaired) electrons. The molecule has 0 bridgehead atoms. The van der Waals surface area contributed by atoms with E-state index in [9.17, 15) is 18.0 Å². The number of amides is 1. The Labute approximate surface area is 134 Å². The molecule has 1 amide bonds. The number of carboxylic acids is 1. The highest BCUT2D eigenvalue weighted by Crippen LogP contribution is 2.18. The van der Waals surface area contributed by atoms with Crippen LogP contribution in [0.2, 0.25) is 0 Å². The maximum atomic E-state index is 12.3. The maximum Gasteiger partial charge on any atom is 0.303 e. The summed E-state index contributed by atoms with van der Waals surface area (Å²) < 4.78 is 31.6. The van der Waals surface area contributed by atoms with Crippen LogP contribution in [-0.4, -0.2) is 42.6 Å². The molecule has 1 aromatic rings. The molecule has 2 atom stereocenters. The van der Waals surface area contributed by atoms with Crippen LogP contribution < -0.4 is 10.0 Å². The van der Waals surface area contributed by atoms with Gasteiger partial charge in [0, 0.05) is 12.5 Å². The Hall–Kier alpha value is -1.94. The summed E-state index contributed by atoms with van der Waals surface area (Å²) in [5, 5.41) is 14.7. The van der Waals surface area contributed by atoms with Crippen molar-refractivity contribution in [1.29, 1.82) is 0 Å². The highest BCUT2D eigenvalue weighted by atomic mass is 32.2. The van der Waals surface area contributed by atoms with E-state index in [4.69, 9.17) is 9.63 Å². The number of hydrogen-bond acceptors (Lipinski definition) is 6. The topological polar surface area (TPSA) is 139 Å². The predicted molar refractivity (Wildman–Crippen MR) is 80.2 cm³/mol. The normalized spacial score (nSPS) is 14.3. The fraction of sp³-hybridized carbons (Fsp3) is 0.615. The third kappa shape index (κ3) is 5.32. The Kier molecular flexibility index (Phi) is 6.28. The minimum Gasteiger partial charge on any atom is -0.481 e. The zero-order valence-electron chi connectivity index (χ0n) is 13.4. The molecule has 1 heterocycles. The summed E-state index contributed by atoms with van der Waals surface area (Å²) >= 11 is 0. The van der Waals surface area contributed by atoms with E-state index in [1.165, 1.54) is 20.8 Å². The predicted octanol–water partition coefficient (Wildman–Crippen LogP) is 0.328. The number of sulfonamides is 1. The molecule has 0 aliphatic carbocycles. The van der Waals surface area contributed by atoms with E-state index in [2.05, 4.69) is 15.2 Å². The Morgan fingerprint density at radius 3 is 2.39 bits per heavy atom. The second kappa shape index (κ2) is 7.55. The molecule has 0 saturated carbocycles. The molecule has 0 aliphatic heterocycles. The van der Waals surface area contributed by atoms with Gasteiger partial charge in [0.15, 0.2) is 5.76 Å². The zero-order chi connectivity index (χ0) is 17.8. The Bertz CT molecular complexity index is 662. The Balaban J connectivity index is 2.69. The van der Waals surface area contributed by atoms with Crippen LogP contribution in [0.4, 0.5) is 0 Å². The van der Waals surface area contributed by atoms with Gasteiger partial charge >= 0.3 is 5.97 Å². The fourth-order valence-electron chi connectivity index (χ4n) is 1.98. The highest BCUT2D eigenvalue weighted by molar-refractivity contribution is 7.89. The molecule has 130 valence electrons. The number of carbonyl (C=O) groups excluding carboxylic acids is 1. The summed E-state index contributed by atoms with van der Waals surface area (Å²) in [5.74, 6) is -1.37. The highest BCUT2D eigenvalue weighted by Gasteiger charge is 2.28. The number of rotatable bonds is 8. The molecule has 0 aliphatic rings. The average Bonchev–Trinajstić information content (AvgIpc) is 2.75. The number of nitrogens with one attached hydrogen (secondary N) is 2. The third-order valence-corrected chi connectivity index (χ3v) is 4.93. The first-order valence-electron chi connectivity index (χ1n) is 7.02. The first-order valence-corrected chi connectivity index (χ1v) is 8.50. The van der Waals surface area contributed by atoms with Gasteiger partial charge in [-0.25, -0.2) is 8.42 Å². The number of aromatic nitrogens is 1. The molecule has 0 saturated heterocycles. The summed E-state index contributed by atoms with van der Waals surface area (Å²) in [6.07, 6.45) is 0.172. The SMILES string of the molecule is Cc1noc(C)c1S(=O)(=O)NC(C)C(=O)NC(C)CCC(=O)O. The van der Waals surface area contributed by atoms with E-state index >= 15 is 0 Å². The van der Waals surface area contributed by atoms with E-state index in [-0.39, 0.29) is 35.2 Å². The molecule has 0 fully saturated rings. The monoisotopic (exact) mass is 347 g/mol. The molecular formula is C13H21N3O6S. The van der Waals surface area contributed by atoms with Gasteiger partial charge in [-0.1, -0.05) is 5.16 Å². The number of carboxylic acid groups (broad SMARTS) is 1. The van der Waals surface area contributed by atoms with Gasteiger partial charge in [-0.05, 0) is 34.1 Å². The van der Waals surface area contributed by atoms with Gasteiger partial charge in [-0.2, -0.15) is 4.72 Å². The minimum atomic E-state index is -3.95. The third-order valence-electron chi connectivity index (χ3n) is 3.14. The minimum absolute atomic E-state index is 0.0827. The summed E-state index contributed by atoms with van der Waals surface area (Å²) in [4.78, 5) is 22.4. The van der Waals surface area contributed by atoms with Crippen LogP contribution in [0.15, 0.2) is 9.42 Å². The molecule has 0 spiro atoms. The van der Waals surface area contributed by atoms with Gasteiger partial charge in [0.2, 0.25) is 15.9 Å². The molecule has 9 nitrogen and oxygen atoms in total. The second-order valence-corrected chi connectivity index (χ2v) is 6.99. The van der Waals surface area contributed by atoms with Crippen LogP contribution in [0, 0.1) is 13.8 Å². The van der Waals surface area contributed by atoms with Gasteiger partial charge in [-0.3, -0.25) is 9.59 Å². The van der Waals surface area contributed by atoms with Crippen molar-refractivity contribution in [2.75, 3.05) is 0 Å². The van der Waals surface area contributed by atoms with Crippen molar-refractivity contribution >= 4 is 21.9 Å². The number of aryl methyl sites for hydroxylation is 2. The van der Waals surface area contributed by atoms with Gasteiger partial charge in [0.1, 0.15) is 10.6 Å². The van der Waals surface area contributed by atoms with Crippen molar-refractivity contribution in [1.82, 2.24) is 15.2 Å². The van der Waals surface area contributed by atoms with Crippen molar-refractivity contribution in [3.63, 3.8) is 0 Å². The van der Waals surface area contributed by atoms with Crippen LogP contribution in [0.3, 0.4) is 0 Å². The lowest BCUT2D eigenvalue weighted by atomic mass is 10.2. The van der Waals surface area contributed by atoms with Crippen LogP contribution in [-0.2, 0) is 19.6 Å². The molecule has 2 unspecified atom stereocenters. The Morgan fingerprint density at radius 1 is 1.30 bits per heavy atom. The van der Waals surface area contributed by atoms with E-state index < -0.39 is 27.9 Å². The number of nitrogens with zero attached hydrogens (tertiary/aromatic N) is 1. The summed E-state index contributed by atoms with van der Waals surface area (Å²) in [7, 11) is -3.95. The number of hydrogen-bond donors (Lipinski definition) is 3. The summed E-state index contributed by atoms with van der Waals surface area (Å²) in [6.45, 7) is 6.00. The summed E-state index contributed by atoms with van der Waals surface area (Å²) in [5.41, 5.74) is 0.206. The van der Waals surface area contributed by atoms with Crippen LogP contribution >= 0.6 is 0 Å². The van der Waals surface area contributed by atoms with E-state index in [0.717, 1.165) is 0 Å². The molecule has 1 rings (SSSR count). The lowest BCUT2D eigenvalue weighted by Crippen LogP contribution is -2.47. The zero-order valence-corrected chi connectivity index (χ0v) is 14.2. The van der Waals surface area contributed by atoms with E-state index in [1.807, 2.05) is 0 Å². The molecular weight excluding hydrogens is 326 g/mol. The van der Waals surface area contributed by atoms with Crippen molar-refractivity contribution in [2.24, 2.45) is 0 Å². The van der Waals surface area contributed by atoms with Crippen LogP contribution in [0.25, 0.3) is 0 Å². The smallest absolute Gasteiger partial charge is 0.303 e. The molecule has 10 heteroatoms. The maximum absolute atomic E-state index is 12.3. The average molecular weight is 347 g/mol. The number of carbonyl (C=O) groups is 2. The molecule has 3 N–H and O–H groups in total. The lowest BCUT2D eigenvalue weighted by Gasteiger charge is -2.18. The first kappa shape index (κ1) is 19.1. The van der Waals surface area contributed by atoms with Crippen molar-refractivity contribution in [2.45, 2.75) is 57.5 Å². The van der Waals surface area contributed by atoms with Gasteiger partial charge in [-0.15, -0.1) is 0 Å². The lowest BCUT2D eigenvalue weighted by molar-refractivity contribution is -0.137. The Morgan fingerprint density at radius 2 is 1.91 bits per heavy atom. The quantitative estimate of drug-likeness (QED) is 0.615. The van der Waals surface area contributed by atoms with Crippen LogP contribution in [0.1, 0.15) is 38.1 Å². The van der Waals surface area contributed by atoms with E-state index in [0.29, 0.717) is 0 Å². The van der Waals surface area contributed by atoms with Gasteiger partial charge in [0.25, 0.3) is 0 Å². The fourth-order valence-corrected chi connectivity index (χ4v) is 3.52. The van der Waals surface area contributed by atoms with Crippen molar-refractivity contribution < 1.29 is 27.6 Å². The van der Waals surface area contributed by atoms with Gasteiger partial charge < -0.3 is 14.9 Å². The van der Waals surface area contributed by atoms with Crippen LogP contribution in [0.5, 0.6) is 0 Å². The standard InChI is InChI=1S/C13H21N3O6S/c1-7(5-6-11(17)18)14-13(19)9(3)16-23(20,21)12-8(2)15-22-10(12)4/h7,9,16H,5-6H2,1-4H3,(H,14,19)(H,17,18). The first-order chi connectivity index (χ1) is 10.5. The number of aliphatic carboxylic acids is 1. The van der Waals surface area contributed by atoms with Gasteiger partial charge in [0.05, 0.1) is 6.04 Å². The second-order valence-electron chi connectivity index (χ2n) is 5.34. The molecule has 23 heavy (non-hydrogen) atoms. The van der Waals surface area contributed by atoms with Crippen molar-refractivity contribution in [3.05, 3.63) is 11.5 Å². The molecule has 0 aromatic carbocycles. The molecule has 1 aromatic heterocycles. The summed E-state index contributed by atoms with van der Waals surface area (Å²) in [6, 6.07) is -1.41.